The third kappa shape index (κ3) is 4.79. The van der Waals surface area contributed by atoms with Gasteiger partial charge in [-0.15, -0.1) is 0 Å². The maximum absolute atomic E-state index is 11.4. The van der Waals surface area contributed by atoms with Crippen LogP contribution >= 0.6 is 11.6 Å². The van der Waals surface area contributed by atoms with Crippen molar-refractivity contribution in [1.29, 1.82) is 0 Å². The Morgan fingerprint density at radius 1 is 1.16 bits per heavy atom. The Kier molecular flexibility index (Phi) is 6.15. The average molecular weight is 286 g/mol. The highest BCUT2D eigenvalue weighted by Gasteiger charge is 2.27. The monoisotopic (exact) mass is 285 g/mol. The predicted octanol–water partition coefficient (Wildman–Crippen LogP) is 2.10. The van der Waals surface area contributed by atoms with Crippen molar-refractivity contribution in [2.24, 2.45) is 5.92 Å². The summed E-state index contributed by atoms with van der Waals surface area (Å²) in [6.45, 7) is 0.441. The summed E-state index contributed by atoms with van der Waals surface area (Å²) in [6.07, 6.45) is 0.294. The minimum Gasteiger partial charge on any atom is -0.468 e. The summed E-state index contributed by atoms with van der Waals surface area (Å²) in [6, 6.07) is 7.13. The van der Waals surface area contributed by atoms with Gasteiger partial charge in [-0.25, -0.2) is 0 Å². The Bertz CT molecular complexity index is 417. The number of halogens is 1. The van der Waals surface area contributed by atoms with E-state index in [-0.39, 0.29) is 0 Å². The van der Waals surface area contributed by atoms with E-state index < -0.39 is 17.9 Å². The highest BCUT2D eigenvalue weighted by molar-refractivity contribution is 6.30. The molecule has 1 rings (SSSR count). The molecule has 19 heavy (non-hydrogen) atoms. The first-order chi connectivity index (χ1) is 9.08. The van der Waals surface area contributed by atoms with Crippen LogP contribution in [0.1, 0.15) is 6.42 Å². The predicted molar refractivity (Wildman–Crippen MR) is 72.1 cm³/mol. The van der Waals surface area contributed by atoms with Crippen molar-refractivity contribution in [3.63, 3.8) is 0 Å². The Morgan fingerprint density at radius 3 is 2.16 bits per heavy atom. The zero-order valence-electron chi connectivity index (χ0n) is 10.8. The van der Waals surface area contributed by atoms with Gasteiger partial charge in [-0.1, -0.05) is 11.6 Å². The van der Waals surface area contributed by atoms with Crippen LogP contribution in [-0.4, -0.2) is 32.7 Å². The number of hydrogen-bond donors (Lipinski definition) is 1. The van der Waals surface area contributed by atoms with Gasteiger partial charge in [-0.3, -0.25) is 9.59 Å². The first-order valence-electron chi connectivity index (χ1n) is 5.73. The zero-order chi connectivity index (χ0) is 14.3. The first-order valence-corrected chi connectivity index (χ1v) is 6.11. The second-order valence-corrected chi connectivity index (χ2v) is 4.26. The number of esters is 2. The normalized spacial score (nSPS) is 10.1. The Balaban J connectivity index is 2.50. The molecule has 0 aromatic heterocycles. The number of nitrogens with one attached hydrogen (secondary N) is 1. The summed E-state index contributed by atoms with van der Waals surface area (Å²) < 4.78 is 9.14. The van der Waals surface area contributed by atoms with Crippen molar-refractivity contribution >= 4 is 29.2 Å². The topological polar surface area (TPSA) is 64.6 Å². The number of hydrogen-bond acceptors (Lipinski definition) is 5. The highest BCUT2D eigenvalue weighted by Crippen LogP contribution is 2.14. The Morgan fingerprint density at radius 2 is 1.68 bits per heavy atom. The number of benzene rings is 1. The smallest absolute Gasteiger partial charge is 0.320 e. The number of ether oxygens (including phenoxy) is 2. The van der Waals surface area contributed by atoms with Crippen LogP contribution in [-0.2, 0) is 19.1 Å². The van der Waals surface area contributed by atoms with Crippen LogP contribution in [0.25, 0.3) is 0 Å². The number of rotatable bonds is 6. The van der Waals surface area contributed by atoms with Gasteiger partial charge in [-0.05, 0) is 30.7 Å². The van der Waals surface area contributed by atoms with Gasteiger partial charge in [0.1, 0.15) is 0 Å². The van der Waals surface area contributed by atoms with E-state index in [0.29, 0.717) is 18.0 Å². The lowest BCUT2D eigenvalue weighted by molar-refractivity contribution is -0.158. The fourth-order valence-corrected chi connectivity index (χ4v) is 1.67. The molecule has 0 saturated carbocycles. The van der Waals surface area contributed by atoms with Crippen molar-refractivity contribution in [2.75, 3.05) is 26.1 Å². The summed E-state index contributed by atoms with van der Waals surface area (Å²) in [4.78, 5) is 22.9. The summed E-state index contributed by atoms with van der Waals surface area (Å²) in [5.41, 5.74) is 0.859. The number of carbonyl (C=O) groups excluding carboxylic acids is 2. The quantitative estimate of drug-likeness (QED) is 0.640. The molecule has 0 atom stereocenters. The van der Waals surface area contributed by atoms with Gasteiger partial charge in [0.2, 0.25) is 0 Å². The summed E-state index contributed by atoms with van der Waals surface area (Å²) >= 11 is 5.77. The van der Waals surface area contributed by atoms with Gasteiger partial charge in [0.25, 0.3) is 0 Å². The van der Waals surface area contributed by atoms with Gasteiger partial charge in [0.15, 0.2) is 5.92 Å². The van der Waals surface area contributed by atoms with Crippen LogP contribution < -0.4 is 5.32 Å². The molecular formula is C13H16ClNO4. The van der Waals surface area contributed by atoms with E-state index in [1.165, 1.54) is 14.2 Å². The van der Waals surface area contributed by atoms with Crippen molar-refractivity contribution in [3.05, 3.63) is 29.3 Å². The molecular weight excluding hydrogens is 270 g/mol. The van der Waals surface area contributed by atoms with Crippen LogP contribution in [0, 0.1) is 5.92 Å². The van der Waals surface area contributed by atoms with E-state index in [1.54, 1.807) is 12.1 Å². The highest BCUT2D eigenvalue weighted by atomic mass is 35.5. The third-order valence-electron chi connectivity index (χ3n) is 2.58. The molecule has 1 aromatic rings. The maximum Gasteiger partial charge on any atom is 0.320 e. The molecule has 104 valence electrons. The summed E-state index contributed by atoms with van der Waals surface area (Å²) in [7, 11) is 2.48. The van der Waals surface area contributed by atoms with Gasteiger partial charge in [0, 0.05) is 17.3 Å². The number of carbonyl (C=O) groups is 2. The Labute approximate surface area is 116 Å². The van der Waals surface area contributed by atoms with Crippen LogP contribution in [0.5, 0.6) is 0 Å². The van der Waals surface area contributed by atoms with Crippen molar-refractivity contribution in [1.82, 2.24) is 0 Å². The largest absolute Gasteiger partial charge is 0.468 e. The average Bonchev–Trinajstić information content (AvgIpc) is 2.44. The molecule has 0 spiro atoms. The molecule has 0 aliphatic carbocycles. The molecule has 5 nitrogen and oxygen atoms in total. The molecule has 0 heterocycles. The summed E-state index contributed by atoms with van der Waals surface area (Å²) in [5.74, 6) is -2.09. The minimum atomic E-state index is -0.908. The van der Waals surface area contributed by atoms with E-state index in [1.807, 2.05) is 12.1 Å². The van der Waals surface area contributed by atoms with Crippen molar-refractivity contribution in [3.8, 4) is 0 Å². The SMILES string of the molecule is COC(=O)C(CCNc1ccc(Cl)cc1)C(=O)OC. The molecule has 0 fully saturated rings. The minimum absolute atomic E-state index is 0.294. The van der Waals surface area contributed by atoms with E-state index in [9.17, 15) is 9.59 Å². The molecule has 0 aliphatic rings. The molecule has 1 aromatic carbocycles. The van der Waals surface area contributed by atoms with E-state index in [0.717, 1.165) is 5.69 Å². The zero-order valence-corrected chi connectivity index (χ0v) is 11.6. The molecule has 0 amide bonds. The fraction of sp³-hybridized carbons (Fsp3) is 0.385. The Hall–Kier alpha value is -1.75. The lowest BCUT2D eigenvalue weighted by Crippen LogP contribution is -2.28. The van der Waals surface area contributed by atoms with Gasteiger partial charge < -0.3 is 14.8 Å². The van der Waals surface area contributed by atoms with Crippen LogP contribution in [0.15, 0.2) is 24.3 Å². The number of methoxy groups -OCH3 is 2. The van der Waals surface area contributed by atoms with Crippen molar-refractivity contribution < 1.29 is 19.1 Å². The maximum atomic E-state index is 11.4. The molecule has 0 radical (unpaired) electrons. The van der Waals surface area contributed by atoms with Crippen LogP contribution in [0.4, 0.5) is 5.69 Å². The van der Waals surface area contributed by atoms with Crippen LogP contribution in [0.2, 0.25) is 5.02 Å². The molecule has 0 unspecified atom stereocenters. The second kappa shape index (κ2) is 7.63. The van der Waals surface area contributed by atoms with Gasteiger partial charge >= 0.3 is 11.9 Å². The standard InChI is InChI=1S/C13H16ClNO4/c1-18-12(16)11(13(17)19-2)7-8-15-10-5-3-9(14)4-6-10/h3-6,11,15H,7-8H2,1-2H3. The van der Waals surface area contributed by atoms with E-state index >= 15 is 0 Å². The summed E-state index contributed by atoms with van der Waals surface area (Å²) in [5, 5.41) is 3.73. The molecule has 0 bridgehead atoms. The first kappa shape index (κ1) is 15.3. The van der Waals surface area contributed by atoms with Gasteiger partial charge in [0.05, 0.1) is 14.2 Å². The van der Waals surface area contributed by atoms with Crippen LogP contribution in [0.3, 0.4) is 0 Å². The molecule has 1 N–H and O–H groups in total. The third-order valence-corrected chi connectivity index (χ3v) is 2.83. The molecule has 6 heteroatoms. The molecule has 0 saturated heterocycles. The van der Waals surface area contributed by atoms with E-state index in [2.05, 4.69) is 14.8 Å². The van der Waals surface area contributed by atoms with Crippen molar-refractivity contribution in [2.45, 2.75) is 6.42 Å². The second-order valence-electron chi connectivity index (χ2n) is 3.82. The number of anilines is 1. The fourth-order valence-electron chi connectivity index (χ4n) is 1.55. The lowest BCUT2D eigenvalue weighted by Gasteiger charge is -2.13. The van der Waals surface area contributed by atoms with E-state index in [4.69, 9.17) is 11.6 Å². The molecule has 0 aliphatic heterocycles. The lowest BCUT2D eigenvalue weighted by atomic mass is 10.1. The van der Waals surface area contributed by atoms with Gasteiger partial charge in [-0.2, -0.15) is 0 Å².